The third-order valence-electron chi connectivity index (χ3n) is 2.06. The van der Waals surface area contributed by atoms with Crippen LogP contribution in [0.3, 0.4) is 0 Å². The monoisotopic (exact) mass is 211 g/mol. The first kappa shape index (κ1) is 11.5. The van der Waals surface area contributed by atoms with Crippen molar-refractivity contribution in [1.82, 2.24) is 20.0 Å². The van der Waals surface area contributed by atoms with Crippen LogP contribution in [0.15, 0.2) is 6.07 Å². The van der Waals surface area contributed by atoms with E-state index < -0.39 is 0 Å². The fourth-order valence-corrected chi connectivity index (χ4v) is 1.10. The second-order valence-electron chi connectivity index (χ2n) is 3.74. The highest BCUT2D eigenvalue weighted by atomic mass is 16.2. The lowest BCUT2D eigenvalue weighted by Gasteiger charge is -2.18. The molecule has 84 valence electrons. The number of nitrogens with zero attached hydrogens (tertiary/aromatic N) is 3. The molecule has 0 saturated heterocycles. The Bertz CT molecular complexity index is 333. The van der Waals surface area contributed by atoms with Crippen LogP contribution in [0.1, 0.15) is 10.5 Å². The van der Waals surface area contributed by atoms with Gasteiger partial charge in [-0.05, 0) is 14.1 Å². The Morgan fingerprint density at radius 1 is 1.47 bits per heavy atom. The van der Waals surface area contributed by atoms with E-state index in [0.29, 0.717) is 18.1 Å². The van der Waals surface area contributed by atoms with E-state index in [9.17, 15) is 4.79 Å². The predicted molar refractivity (Wildman–Crippen MR) is 58.5 cm³/mol. The van der Waals surface area contributed by atoms with Crippen molar-refractivity contribution in [3.63, 3.8) is 0 Å². The first-order valence-electron chi connectivity index (χ1n) is 4.72. The Morgan fingerprint density at radius 3 is 2.60 bits per heavy atom. The summed E-state index contributed by atoms with van der Waals surface area (Å²) in [6.45, 7) is 1.50. The number of hydrogen-bond acceptors (Lipinski definition) is 4. The Morgan fingerprint density at radius 2 is 2.13 bits per heavy atom. The Balaban J connectivity index is 2.53. The highest BCUT2D eigenvalue weighted by Gasteiger charge is 2.13. The van der Waals surface area contributed by atoms with E-state index in [1.807, 2.05) is 19.0 Å². The first-order valence-corrected chi connectivity index (χ1v) is 4.72. The summed E-state index contributed by atoms with van der Waals surface area (Å²) in [7, 11) is 5.68. The third-order valence-corrected chi connectivity index (χ3v) is 2.06. The quantitative estimate of drug-likeness (QED) is 0.712. The van der Waals surface area contributed by atoms with Crippen LogP contribution >= 0.6 is 0 Å². The van der Waals surface area contributed by atoms with Gasteiger partial charge in [0.25, 0.3) is 5.91 Å². The predicted octanol–water partition coefficient (Wildman–Crippen LogP) is -0.374. The van der Waals surface area contributed by atoms with Crippen LogP contribution in [0.5, 0.6) is 0 Å². The minimum Gasteiger partial charge on any atom is -0.382 e. The lowest BCUT2D eigenvalue weighted by atomic mass is 10.3. The van der Waals surface area contributed by atoms with Gasteiger partial charge in [0.15, 0.2) is 0 Å². The van der Waals surface area contributed by atoms with Gasteiger partial charge in [-0.2, -0.15) is 5.10 Å². The molecule has 0 saturated carbocycles. The maximum atomic E-state index is 11.8. The fourth-order valence-electron chi connectivity index (χ4n) is 1.10. The largest absolute Gasteiger partial charge is 0.382 e. The van der Waals surface area contributed by atoms with E-state index in [-0.39, 0.29) is 5.91 Å². The average Bonchev–Trinajstić information content (AvgIpc) is 2.60. The summed E-state index contributed by atoms with van der Waals surface area (Å²) in [5.74, 6) is 0.236. The summed E-state index contributed by atoms with van der Waals surface area (Å²) in [6.07, 6.45) is 0. The van der Waals surface area contributed by atoms with Crippen molar-refractivity contribution in [3.05, 3.63) is 11.8 Å². The number of likely N-dealkylation sites (N-methyl/N-ethyl adjacent to an activating group) is 2. The highest BCUT2D eigenvalue weighted by Crippen LogP contribution is 2.03. The summed E-state index contributed by atoms with van der Waals surface area (Å²) in [4.78, 5) is 15.4. The van der Waals surface area contributed by atoms with Gasteiger partial charge in [0.05, 0.1) is 0 Å². The normalized spacial score (nSPS) is 10.7. The molecular formula is C9H17N5O. The van der Waals surface area contributed by atoms with Crippen LogP contribution < -0.4 is 5.73 Å². The molecule has 6 nitrogen and oxygen atoms in total. The van der Waals surface area contributed by atoms with Crippen molar-refractivity contribution in [1.29, 1.82) is 0 Å². The van der Waals surface area contributed by atoms with Crippen LogP contribution in [0.4, 0.5) is 5.82 Å². The van der Waals surface area contributed by atoms with Crippen molar-refractivity contribution >= 4 is 11.7 Å². The van der Waals surface area contributed by atoms with Crippen LogP contribution in [0, 0.1) is 0 Å². The van der Waals surface area contributed by atoms with Crippen LogP contribution in [0.25, 0.3) is 0 Å². The van der Waals surface area contributed by atoms with Gasteiger partial charge in [-0.15, -0.1) is 0 Å². The molecule has 0 aliphatic heterocycles. The van der Waals surface area contributed by atoms with E-state index in [1.165, 1.54) is 6.07 Å². The number of anilines is 1. The number of hydrogen-bond donors (Lipinski definition) is 2. The molecule has 1 amide bonds. The molecule has 0 fully saturated rings. The zero-order valence-electron chi connectivity index (χ0n) is 9.32. The van der Waals surface area contributed by atoms with Gasteiger partial charge in [-0.1, -0.05) is 0 Å². The number of nitrogens with one attached hydrogen (secondary N) is 1. The Labute approximate surface area is 89.0 Å². The number of nitrogens with two attached hydrogens (primary N) is 1. The fraction of sp³-hybridized carbons (Fsp3) is 0.556. The number of rotatable bonds is 4. The number of nitrogen functional groups attached to an aromatic ring is 1. The van der Waals surface area contributed by atoms with Crippen LogP contribution in [0.2, 0.25) is 0 Å². The van der Waals surface area contributed by atoms with Crippen molar-refractivity contribution in [2.24, 2.45) is 0 Å². The zero-order chi connectivity index (χ0) is 11.4. The molecule has 6 heteroatoms. The number of carbonyl (C=O) groups excluding carboxylic acids is 1. The Hall–Kier alpha value is -1.56. The number of aromatic amines is 1. The third kappa shape index (κ3) is 3.25. The molecule has 1 heterocycles. The summed E-state index contributed by atoms with van der Waals surface area (Å²) >= 11 is 0. The smallest absolute Gasteiger partial charge is 0.271 e. The minimum atomic E-state index is -0.0962. The number of amides is 1. The second-order valence-corrected chi connectivity index (χ2v) is 3.74. The SMILES string of the molecule is CN(C)CCN(C)C(=O)c1cc(N)n[nH]1. The van der Waals surface area contributed by atoms with Crippen molar-refractivity contribution < 1.29 is 4.79 Å². The molecule has 3 N–H and O–H groups in total. The van der Waals surface area contributed by atoms with Gasteiger partial charge in [-0.25, -0.2) is 0 Å². The van der Waals surface area contributed by atoms with Crippen molar-refractivity contribution in [3.8, 4) is 0 Å². The summed E-state index contributed by atoms with van der Waals surface area (Å²) in [5.41, 5.74) is 5.84. The summed E-state index contributed by atoms with van der Waals surface area (Å²) in [6, 6.07) is 1.54. The molecule has 1 rings (SSSR count). The molecular weight excluding hydrogens is 194 g/mol. The molecule has 0 spiro atoms. The average molecular weight is 211 g/mol. The number of aromatic nitrogens is 2. The molecule has 0 aromatic carbocycles. The lowest BCUT2D eigenvalue weighted by Crippen LogP contribution is -2.33. The molecule has 15 heavy (non-hydrogen) atoms. The first-order chi connectivity index (χ1) is 7.00. The molecule has 0 radical (unpaired) electrons. The molecule has 0 aliphatic carbocycles. The Kier molecular flexibility index (Phi) is 3.68. The standard InChI is InChI=1S/C9H17N5O/c1-13(2)4-5-14(3)9(15)7-6-8(10)12-11-7/h6H,4-5H2,1-3H3,(H3,10,11,12). The van der Waals surface area contributed by atoms with Gasteiger partial charge in [0.2, 0.25) is 0 Å². The van der Waals surface area contributed by atoms with E-state index >= 15 is 0 Å². The number of H-pyrrole nitrogens is 1. The summed E-state index contributed by atoms with van der Waals surface area (Å²) in [5, 5.41) is 6.30. The highest BCUT2D eigenvalue weighted by molar-refractivity contribution is 5.92. The van der Waals surface area contributed by atoms with Gasteiger partial charge >= 0.3 is 0 Å². The zero-order valence-corrected chi connectivity index (χ0v) is 9.32. The molecule has 1 aromatic heterocycles. The molecule has 1 aromatic rings. The minimum absolute atomic E-state index is 0.0962. The maximum absolute atomic E-state index is 11.8. The van der Waals surface area contributed by atoms with Crippen LogP contribution in [-0.4, -0.2) is 60.1 Å². The van der Waals surface area contributed by atoms with Gasteiger partial charge < -0.3 is 15.5 Å². The van der Waals surface area contributed by atoms with Crippen molar-refractivity contribution in [2.45, 2.75) is 0 Å². The van der Waals surface area contributed by atoms with E-state index in [4.69, 9.17) is 5.73 Å². The van der Waals surface area contributed by atoms with Crippen LogP contribution in [-0.2, 0) is 0 Å². The van der Waals surface area contributed by atoms with E-state index in [2.05, 4.69) is 10.2 Å². The summed E-state index contributed by atoms with van der Waals surface area (Å²) < 4.78 is 0. The molecule has 0 atom stereocenters. The molecule has 0 aliphatic rings. The topological polar surface area (TPSA) is 78.2 Å². The van der Waals surface area contributed by atoms with Gasteiger partial charge in [-0.3, -0.25) is 9.89 Å². The maximum Gasteiger partial charge on any atom is 0.271 e. The molecule has 0 bridgehead atoms. The van der Waals surface area contributed by atoms with Crippen molar-refractivity contribution in [2.75, 3.05) is 40.0 Å². The number of carbonyl (C=O) groups is 1. The van der Waals surface area contributed by atoms with Gasteiger partial charge in [0.1, 0.15) is 11.5 Å². The second kappa shape index (κ2) is 4.79. The molecule has 0 unspecified atom stereocenters. The van der Waals surface area contributed by atoms with E-state index in [1.54, 1.807) is 11.9 Å². The lowest BCUT2D eigenvalue weighted by molar-refractivity contribution is 0.0780. The van der Waals surface area contributed by atoms with E-state index in [0.717, 1.165) is 6.54 Å². The van der Waals surface area contributed by atoms with Gasteiger partial charge in [0, 0.05) is 26.2 Å².